The molecule has 31 heavy (non-hydrogen) atoms. The van der Waals surface area contributed by atoms with E-state index < -0.39 is 5.92 Å². The van der Waals surface area contributed by atoms with Gasteiger partial charge in [0.25, 0.3) is 5.56 Å². The fourth-order valence-electron chi connectivity index (χ4n) is 4.29. The Hall–Kier alpha value is -2.87. The summed E-state index contributed by atoms with van der Waals surface area (Å²) in [5.41, 5.74) is 2.14. The van der Waals surface area contributed by atoms with Gasteiger partial charge in [-0.3, -0.25) is 14.4 Å². The molecule has 1 aromatic carbocycles. The molecule has 162 valence electrons. The van der Waals surface area contributed by atoms with Gasteiger partial charge in [0.05, 0.1) is 18.4 Å². The quantitative estimate of drug-likeness (QED) is 0.541. The second kappa shape index (κ2) is 8.00. The molecular weight excluding hydrogens is 414 g/mol. The highest BCUT2D eigenvalue weighted by Crippen LogP contribution is 2.48. The number of methoxy groups -OCH3 is 1. The molecule has 0 radical (unpaired) electrons. The van der Waals surface area contributed by atoms with E-state index in [0.717, 1.165) is 11.3 Å². The number of carbonyl (C=O) groups is 2. The zero-order chi connectivity index (χ0) is 22.3. The minimum absolute atomic E-state index is 0.00259. The summed E-state index contributed by atoms with van der Waals surface area (Å²) in [5, 5.41) is 3.66. The molecule has 0 amide bonds. The number of ketones is 2. The number of hydrogen-bond acceptors (Lipinski definition) is 7. The Labute approximate surface area is 184 Å². The lowest BCUT2D eigenvalue weighted by Crippen LogP contribution is -2.37. The number of H-pyrrole nitrogens is 1. The normalized spacial score (nSPS) is 19.4. The highest BCUT2D eigenvalue weighted by molar-refractivity contribution is 7.99. The average molecular weight is 440 g/mol. The van der Waals surface area contributed by atoms with Crippen LogP contribution in [0.2, 0.25) is 0 Å². The van der Waals surface area contributed by atoms with E-state index in [1.165, 1.54) is 18.7 Å². The lowest BCUT2D eigenvalue weighted by molar-refractivity contribution is -0.118. The number of rotatable bonds is 5. The third-order valence-electron chi connectivity index (χ3n) is 5.54. The van der Waals surface area contributed by atoms with Crippen molar-refractivity contribution in [2.45, 2.75) is 44.7 Å². The van der Waals surface area contributed by atoms with Crippen LogP contribution in [0.4, 0.5) is 5.82 Å². The molecule has 2 aromatic rings. The summed E-state index contributed by atoms with van der Waals surface area (Å²) < 4.78 is 5.38. The number of hydrogen-bond donors (Lipinski definition) is 2. The smallest absolute Gasteiger partial charge is 0.257 e. The summed E-state index contributed by atoms with van der Waals surface area (Å²) in [7, 11) is 1.58. The van der Waals surface area contributed by atoms with Gasteiger partial charge >= 0.3 is 0 Å². The van der Waals surface area contributed by atoms with Gasteiger partial charge in [0.2, 0.25) is 0 Å². The van der Waals surface area contributed by atoms with Crippen molar-refractivity contribution in [3.63, 3.8) is 0 Å². The zero-order valence-corrected chi connectivity index (χ0v) is 18.8. The van der Waals surface area contributed by atoms with E-state index >= 15 is 0 Å². The Morgan fingerprint density at radius 3 is 2.77 bits per heavy atom. The van der Waals surface area contributed by atoms with E-state index in [0.29, 0.717) is 40.7 Å². The molecule has 0 saturated carbocycles. The molecule has 1 aliphatic carbocycles. The molecule has 1 atom stereocenters. The topological polar surface area (TPSA) is 101 Å². The molecule has 0 fully saturated rings. The van der Waals surface area contributed by atoms with E-state index in [9.17, 15) is 14.4 Å². The number of Topliss-reactive ketones (excluding diaryl/α,β-unsaturated/α-hetero) is 2. The molecule has 7 nitrogen and oxygen atoms in total. The number of benzene rings is 1. The zero-order valence-electron chi connectivity index (χ0n) is 18.0. The fraction of sp³-hybridized carbons (Fsp3) is 0.391. The first-order valence-electron chi connectivity index (χ1n) is 10.1. The molecular formula is C23H25N3O4S. The maximum absolute atomic E-state index is 13.2. The monoisotopic (exact) mass is 439 g/mol. The second-order valence-corrected chi connectivity index (χ2v) is 9.76. The van der Waals surface area contributed by atoms with Gasteiger partial charge in [0.15, 0.2) is 10.9 Å². The Morgan fingerprint density at radius 1 is 1.29 bits per heavy atom. The van der Waals surface area contributed by atoms with Crippen LogP contribution in [0.3, 0.4) is 0 Å². The molecule has 0 spiro atoms. The van der Waals surface area contributed by atoms with Crippen molar-refractivity contribution in [2.24, 2.45) is 5.41 Å². The van der Waals surface area contributed by atoms with Gasteiger partial charge in [-0.05, 0) is 36.5 Å². The van der Waals surface area contributed by atoms with Gasteiger partial charge in [-0.25, -0.2) is 4.98 Å². The molecule has 0 unspecified atom stereocenters. The van der Waals surface area contributed by atoms with Gasteiger partial charge in [0.1, 0.15) is 17.4 Å². The first-order valence-corrected chi connectivity index (χ1v) is 11.1. The van der Waals surface area contributed by atoms with E-state index in [4.69, 9.17) is 4.74 Å². The van der Waals surface area contributed by atoms with Crippen LogP contribution in [-0.2, 0) is 9.59 Å². The first-order chi connectivity index (χ1) is 14.7. The van der Waals surface area contributed by atoms with Crippen LogP contribution in [0.15, 0.2) is 45.5 Å². The summed E-state index contributed by atoms with van der Waals surface area (Å²) in [6, 6.07) is 7.44. The van der Waals surface area contributed by atoms with Crippen molar-refractivity contribution < 1.29 is 14.3 Å². The molecule has 0 bridgehead atoms. The van der Waals surface area contributed by atoms with Crippen LogP contribution in [-0.4, -0.2) is 34.4 Å². The van der Waals surface area contributed by atoms with Crippen LogP contribution >= 0.6 is 11.8 Å². The summed E-state index contributed by atoms with van der Waals surface area (Å²) in [6.07, 6.45) is 1.10. The molecule has 1 aromatic heterocycles. The van der Waals surface area contributed by atoms with Crippen molar-refractivity contribution in [1.29, 1.82) is 0 Å². The Kier molecular flexibility index (Phi) is 5.51. The van der Waals surface area contributed by atoms with Crippen molar-refractivity contribution in [3.8, 4) is 5.75 Å². The lowest BCUT2D eigenvalue weighted by Gasteiger charge is -2.38. The number of thioether (sulfide) groups is 1. The molecule has 2 aliphatic rings. The molecule has 2 heterocycles. The minimum atomic E-state index is -0.534. The highest BCUT2D eigenvalue weighted by Gasteiger charge is 2.42. The van der Waals surface area contributed by atoms with E-state index in [2.05, 4.69) is 29.1 Å². The van der Waals surface area contributed by atoms with Crippen LogP contribution in [0.5, 0.6) is 5.75 Å². The Balaban J connectivity index is 1.90. The van der Waals surface area contributed by atoms with E-state index in [1.807, 2.05) is 24.3 Å². The lowest BCUT2D eigenvalue weighted by atomic mass is 9.69. The number of fused-ring (bicyclic) bond motifs is 1. The molecule has 2 N–H and O–H groups in total. The van der Waals surface area contributed by atoms with Gasteiger partial charge in [0, 0.05) is 23.6 Å². The number of nitrogens with zero attached hydrogens (tertiary/aromatic N) is 1. The van der Waals surface area contributed by atoms with Gasteiger partial charge in [-0.15, -0.1) is 0 Å². The predicted octanol–water partition coefficient (Wildman–Crippen LogP) is 3.66. The number of carbonyl (C=O) groups excluding carboxylic acids is 2. The SMILES string of the molecule is COc1cccc([C@@H]2C3=C(CC(C)(C)CC3=O)Nc3nc(SCC(C)=O)[nH]c(=O)c32)c1. The molecule has 8 heteroatoms. The maximum atomic E-state index is 13.2. The Morgan fingerprint density at radius 2 is 2.06 bits per heavy atom. The average Bonchev–Trinajstić information content (AvgIpc) is 2.69. The summed E-state index contributed by atoms with van der Waals surface area (Å²) >= 11 is 1.19. The van der Waals surface area contributed by atoms with Crippen LogP contribution in [0, 0.1) is 5.41 Å². The summed E-state index contributed by atoms with van der Waals surface area (Å²) in [6.45, 7) is 5.62. The third kappa shape index (κ3) is 4.17. The first kappa shape index (κ1) is 21.4. The fourth-order valence-corrected chi connectivity index (χ4v) is 4.95. The predicted molar refractivity (Wildman–Crippen MR) is 120 cm³/mol. The van der Waals surface area contributed by atoms with Crippen LogP contribution in [0.25, 0.3) is 0 Å². The van der Waals surface area contributed by atoms with Crippen molar-refractivity contribution in [3.05, 3.63) is 57.0 Å². The van der Waals surface area contributed by atoms with Crippen LogP contribution in [0.1, 0.15) is 50.7 Å². The molecule has 0 saturated heterocycles. The standard InChI is InChI=1S/C23H25N3O4S/c1-12(27)11-31-22-25-20-19(21(29)26-22)17(13-6-5-7-14(8-13)30-4)18-15(24-20)9-23(2,3)10-16(18)28/h5-8,17H,9-11H2,1-4H3,(H2,24,25,26,29)/t17-/m1/s1. The van der Waals surface area contributed by atoms with Gasteiger partial charge in [-0.1, -0.05) is 37.7 Å². The number of aromatic amines is 1. The number of anilines is 1. The number of aromatic nitrogens is 2. The number of ether oxygens (including phenoxy) is 1. The molecule has 4 rings (SSSR count). The second-order valence-electron chi connectivity index (χ2n) is 8.79. The minimum Gasteiger partial charge on any atom is -0.497 e. The van der Waals surface area contributed by atoms with Gasteiger partial charge in [-0.2, -0.15) is 0 Å². The van der Waals surface area contributed by atoms with E-state index in [-0.39, 0.29) is 28.3 Å². The maximum Gasteiger partial charge on any atom is 0.257 e. The van der Waals surface area contributed by atoms with Crippen molar-refractivity contribution >= 4 is 29.1 Å². The largest absolute Gasteiger partial charge is 0.497 e. The summed E-state index contributed by atoms with van der Waals surface area (Å²) in [5.74, 6) is 0.811. The Bertz CT molecular complexity index is 1170. The number of allylic oxidation sites excluding steroid dienone is 2. The van der Waals surface area contributed by atoms with Gasteiger partial charge < -0.3 is 15.0 Å². The van der Waals surface area contributed by atoms with Crippen LogP contribution < -0.4 is 15.6 Å². The van der Waals surface area contributed by atoms with Crippen molar-refractivity contribution in [2.75, 3.05) is 18.2 Å². The number of nitrogens with one attached hydrogen (secondary N) is 2. The third-order valence-corrected chi connectivity index (χ3v) is 6.56. The summed E-state index contributed by atoms with van der Waals surface area (Å²) in [4.78, 5) is 45.2. The molecule has 1 aliphatic heterocycles. The van der Waals surface area contributed by atoms with Crippen molar-refractivity contribution in [1.82, 2.24) is 9.97 Å². The van der Waals surface area contributed by atoms with E-state index in [1.54, 1.807) is 7.11 Å². The highest BCUT2D eigenvalue weighted by atomic mass is 32.2.